The van der Waals surface area contributed by atoms with Gasteiger partial charge in [-0.15, -0.1) is 11.8 Å². The summed E-state index contributed by atoms with van der Waals surface area (Å²) in [6, 6.07) is 22.4. The molecule has 7 heteroatoms. The van der Waals surface area contributed by atoms with Crippen molar-refractivity contribution in [2.24, 2.45) is 0 Å². The molecule has 1 heterocycles. The number of para-hydroxylation sites is 1. The minimum absolute atomic E-state index is 0.0627. The molecular weight excluding hydrogens is 422 g/mol. The molecule has 3 aromatic carbocycles. The van der Waals surface area contributed by atoms with E-state index in [4.69, 9.17) is 0 Å². The van der Waals surface area contributed by atoms with Crippen LogP contribution in [-0.4, -0.2) is 21.9 Å². The number of fused-ring (bicyclic) bond motifs is 1. The maximum absolute atomic E-state index is 12.5. The van der Waals surface area contributed by atoms with Gasteiger partial charge in [-0.2, -0.15) is 0 Å². The number of hydrogen-bond donors (Lipinski definition) is 1. The van der Waals surface area contributed by atoms with Gasteiger partial charge in [-0.25, -0.2) is 0 Å². The summed E-state index contributed by atoms with van der Waals surface area (Å²) in [4.78, 5) is 24.1. The zero-order valence-electron chi connectivity index (χ0n) is 17.7. The third kappa shape index (κ3) is 4.84. The maximum atomic E-state index is 12.5. The molecule has 0 aliphatic rings. The standard InChI is InChI=1S/C25H23N3O3S/c1-18-6-2-3-7-21(18)25(29)26-14-15-27-16-24(22-8-4-5-9-23(22)27)32-17-19-10-12-20(13-11-19)28(30)31/h2-13,16H,14-15,17H2,1H3,(H,26,29). The van der Waals surface area contributed by atoms with Crippen LogP contribution in [0.25, 0.3) is 10.9 Å². The fourth-order valence-electron chi connectivity index (χ4n) is 3.60. The monoisotopic (exact) mass is 445 g/mol. The molecule has 0 bridgehead atoms. The van der Waals surface area contributed by atoms with Gasteiger partial charge in [0, 0.05) is 58.5 Å². The molecule has 6 nitrogen and oxygen atoms in total. The molecule has 1 amide bonds. The quantitative estimate of drug-likeness (QED) is 0.218. The largest absolute Gasteiger partial charge is 0.350 e. The van der Waals surface area contributed by atoms with E-state index in [1.54, 1.807) is 23.9 Å². The molecule has 4 rings (SSSR count). The van der Waals surface area contributed by atoms with E-state index in [0.717, 1.165) is 32.7 Å². The Morgan fingerprint density at radius 1 is 1.03 bits per heavy atom. The number of aromatic nitrogens is 1. The van der Waals surface area contributed by atoms with Crippen molar-refractivity contribution in [1.29, 1.82) is 0 Å². The lowest BCUT2D eigenvalue weighted by Crippen LogP contribution is -2.27. The summed E-state index contributed by atoms with van der Waals surface area (Å²) in [5, 5.41) is 15.0. The van der Waals surface area contributed by atoms with E-state index in [0.29, 0.717) is 18.7 Å². The van der Waals surface area contributed by atoms with Gasteiger partial charge in [-0.05, 0) is 30.2 Å². The van der Waals surface area contributed by atoms with Gasteiger partial charge < -0.3 is 9.88 Å². The summed E-state index contributed by atoms with van der Waals surface area (Å²) in [5.74, 6) is 0.656. The molecule has 0 spiro atoms. The normalized spacial score (nSPS) is 10.9. The van der Waals surface area contributed by atoms with Gasteiger partial charge >= 0.3 is 0 Å². The van der Waals surface area contributed by atoms with E-state index in [9.17, 15) is 14.9 Å². The molecule has 1 aromatic heterocycles. The van der Waals surface area contributed by atoms with Gasteiger partial charge in [0.25, 0.3) is 11.6 Å². The van der Waals surface area contributed by atoms with Gasteiger partial charge in [0.1, 0.15) is 0 Å². The Kier molecular flexibility index (Phi) is 6.56. The number of nitro benzene ring substituents is 1. The van der Waals surface area contributed by atoms with Crippen molar-refractivity contribution in [2.75, 3.05) is 6.54 Å². The Morgan fingerprint density at radius 3 is 2.50 bits per heavy atom. The second kappa shape index (κ2) is 9.70. The van der Waals surface area contributed by atoms with Crippen LogP contribution in [-0.2, 0) is 12.3 Å². The molecule has 0 atom stereocenters. The fraction of sp³-hybridized carbons (Fsp3) is 0.160. The smallest absolute Gasteiger partial charge is 0.269 e. The Labute approximate surface area is 190 Å². The first-order chi connectivity index (χ1) is 15.5. The number of rotatable bonds is 8. The molecule has 0 aliphatic heterocycles. The number of nitro groups is 1. The van der Waals surface area contributed by atoms with E-state index >= 15 is 0 Å². The van der Waals surface area contributed by atoms with Crippen molar-refractivity contribution >= 4 is 34.3 Å². The number of aryl methyl sites for hydroxylation is 1. The van der Waals surface area contributed by atoms with Crippen LogP contribution >= 0.6 is 11.8 Å². The first-order valence-corrected chi connectivity index (χ1v) is 11.3. The van der Waals surface area contributed by atoms with Crippen LogP contribution in [0.15, 0.2) is 83.9 Å². The van der Waals surface area contributed by atoms with Crippen LogP contribution in [0.2, 0.25) is 0 Å². The molecule has 162 valence electrons. The third-order valence-electron chi connectivity index (χ3n) is 5.32. The molecular formula is C25H23N3O3S. The predicted octanol–water partition coefficient (Wildman–Crippen LogP) is 5.58. The second-order valence-corrected chi connectivity index (χ2v) is 8.50. The number of thioether (sulfide) groups is 1. The molecule has 0 aliphatic carbocycles. The summed E-state index contributed by atoms with van der Waals surface area (Å²) < 4.78 is 2.16. The van der Waals surface area contributed by atoms with E-state index in [2.05, 4.69) is 28.2 Å². The summed E-state index contributed by atoms with van der Waals surface area (Å²) >= 11 is 1.70. The summed E-state index contributed by atoms with van der Waals surface area (Å²) in [7, 11) is 0. The van der Waals surface area contributed by atoms with Crippen molar-refractivity contribution in [1.82, 2.24) is 9.88 Å². The number of non-ortho nitro benzene ring substituents is 1. The maximum Gasteiger partial charge on any atom is 0.269 e. The fourth-order valence-corrected chi connectivity index (χ4v) is 4.65. The number of benzene rings is 3. The number of nitrogens with zero attached hydrogens (tertiary/aromatic N) is 2. The molecule has 4 aromatic rings. The average molecular weight is 446 g/mol. The summed E-state index contributed by atoms with van der Waals surface area (Å²) in [5.41, 5.74) is 3.90. The highest BCUT2D eigenvalue weighted by Crippen LogP contribution is 2.32. The number of hydrogen-bond acceptors (Lipinski definition) is 4. The lowest BCUT2D eigenvalue weighted by Gasteiger charge is -2.09. The van der Waals surface area contributed by atoms with Gasteiger partial charge in [-0.1, -0.05) is 48.5 Å². The van der Waals surface area contributed by atoms with Crippen LogP contribution in [0.3, 0.4) is 0 Å². The molecule has 0 fully saturated rings. The van der Waals surface area contributed by atoms with Crippen molar-refractivity contribution in [2.45, 2.75) is 24.1 Å². The first kappa shape index (κ1) is 21.6. The third-order valence-corrected chi connectivity index (χ3v) is 6.44. The van der Waals surface area contributed by atoms with Crippen LogP contribution in [0.4, 0.5) is 5.69 Å². The topological polar surface area (TPSA) is 77.2 Å². The van der Waals surface area contributed by atoms with Gasteiger partial charge in [0.15, 0.2) is 0 Å². The number of amides is 1. The lowest BCUT2D eigenvalue weighted by molar-refractivity contribution is -0.384. The van der Waals surface area contributed by atoms with Crippen LogP contribution in [0, 0.1) is 17.0 Å². The Balaban J connectivity index is 1.43. The number of carbonyl (C=O) groups excluding carboxylic acids is 1. The van der Waals surface area contributed by atoms with E-state index < -0.39 is 0 Å². The van der Waals surface area contributed by atoms with Crippen LogP contribution in [0.1, 0.15) is 21.5 Å². The summed E-state index contributed by atoms with van der Waals surface area (Å²) in [6.07, 6.45) is 2.11. The average Bonchev–Trinajstić information content (AvgIpc) is 3.16. The highest BCUT2D eigenvalue weighted by atomic mass is 32.2. The molecule has 32 heavy (non-hydrogen) atoms. The minimum Gasteiger partial charge on any atom is -0.350 e. The van der Waals surface area contributed by atoms with Gasteiger partial charge in [0.2, 0.25) is 0 Å². The first-order valence-electron chi connectivity index (χ1n) is 10.3. The summed E-state index contributed by atoms with van der Waals surface area (Å²) in [6.45, 7) is 3.12. The molecule has 0 radical (unpaired) electrons. The molecule has 1 N–H and O–H groups in total. The zero-order chi connectivity index (χ0) is 22.5. The zero-order valence-corrected chi connectivity index (χ0v) is 18.5. The second-order valence-electron chi connectivity index (χ2n) is 7.49. The van der Waals surface area contributed by atoms with Crippen LogP contribution in [0.5, 0.6) is 0 Å². The Hall–Kier alpha value is -3.58. The Bertz CT molecular complexity index is 1270. The molecule has 0 unspecified atom stereocenters. The lowest BCUT2D eigenvalue weighted by atomic mass is 10.1. The van der Waals surface area contributed by atoms with Crippen LogP contribution < -0.4 is 5.32 Å². The molecule has 0 saturated heterocycles. The molecule has 0 saturated carbocycles. The van der Waals surface area contributed by atoms with Crippen molar-refractivity contribution in [3.8, 4) is 0 Å². The minimum atomic E-state index is -0.386. The van der Waals surface area contributed by atoms with E-state index in [1.807, 2.05) is 43.3 Å². The van der Waals surface area contributed by atoms with Gasteiger partial charge in [-0.3, -0.25) is 14.9 Å². The number of nitrogens with one attached hydrogen (secondary N) is 1. The van der Waals surface area contributed by atoms with E-state index in [1.165, 1.54) is 12.1 Å². The van der Waals surface area contributed by atoms with Crippen molar-refractivity contribution < 1.29 is 9.72 Å². The van der Waals surface area contributed by atoms with E-state index in [-0.39, 0.29) is 16.5 Å². The highest BCUT2D eigenvalue weighted by molar-refractivity contribution is 7.98. The number of carbonyl (C=O) groups is 1. The van der Waals surface area contributed by atoms with Crippen molar-refractivity contribution in [3.05, 3.63) is 106 Å². The predicted molar refractivity (Wildman–Crippen MR) is 128 cm³/mol. The highest BCUT2D eigenvalue weighted by Gasteiger charge is 2.11. The van der Waals surface area contributed by atoms with Gasteiger partial charge in [0.05, 0.1) is 4.92 Å². The Morgan fingerprint density at radius 2 is 1.75 bits per heavy atom. The van der Waals surface area contributed by atoms with Crippen molar-refractivity contribution in [3.63, 3.8) is 0 Å². The SMILES string of the molecule is Cc1ccccc1C(=O)NCCn1cc(SCc2ccc([N+](=O)[O-])cc2)c2ccccc21.